The maximum Gasteiger partial charge on any atom is 0.152 e. The molecule has 17 heavy (non-hydrogen) atoms. The first-order chi connectivity index (χ1) is 8.16. The van der Waals surface area contributed by atoms with Crippen LogP contribution in [0.1, 0.15) is 16.7 Å². The molecule has 0 unspecified atom stereocenters. The van der Waals surface area contributed by atoms with Crippen molar-refractivity contribution in [2.45, 2.75) is 20.4 Å². The fourth-order valence-corrected chi connectivity index (χ4v) is 1.91. The van der Waals surface area contributed by atoms with Crippen LogP contribution < -0.4 is 5.32 Å². The summed E-state index contributed by atoms with van der Waals surface area (Å²) in [5, 5.41) is 3.85. The van der Waals surface area contributed by atoms with Gasteiger partial charge in [0, 0.05) is 12.7 Å². The molecule has 1 aromatic carbocycles. The highest BCUT2D eigenvalue weighted by molar-refractivity contribution is 6.32. The standard InChI is InChI=1S/C14H15ClN2/c1-10-3-5-12(6-4-10)9-17-13-11(2)7-8-16-14(13)15/h3-8,17H,9H2,1-2H3. The molecule has 2 rings (SSSR count). The Kier molecular flexibility index (Phi) is 3.64. The van der Waals surface area contributed by atoms with Crippen molar-refractivity contribution in [3.8, 4) is 0 Å². The lowest BCUT2D eigenvalue weighted by molar-refractivity contribution is 1.12. The Morgan fingerprint density at radius 2 is 1.82 bits per heavy atom. The van der Waals surface area contributed by atoms with E-state index in [1.165, 1.54) is 11.1 Å². The van der Waals surface area contributed by atoms with Crippen molar-refractivity contribution in [2.24, 2.45) is 0 Å². The van der Waals surface area contributed by atoms with E-state index in [-0.39, 0.29) is 0 Å². The second-order valence-corrected chi connectivity index (χ2v) is 4.49. The van der Waals surface area contributed by atoms with Gasteiger partial charge in [0.2, 0.25) is 0 Å². The number of benzene rings is 1. The number of hydrogen-bond acceptors (Lipinski definition) is 2. The minimum atomic E-state index is 0.525. The first-order valence-electron chi connectivity index (χ1n) is 5.57. The summed E-state index contributed by atoms with van der Waals surface area (Å²) < 4.78 is 0. The van der Waals surface area contributed by atoms with E-state index >= 15 is 0 Å². The molecule has 0 radical (unpaired) electrons. The van der Waals surface area contributed by atoms with E-state index in [1.54, 1.807) is 6.20 Å². The van der Waals surface area contributed by atoms with E-state index in [1.807, 2.05) is 13.0 Å². The van der Waals surface area contributed by atoms with Gasteiger partial charge in [0.1, 0.15) is 0 Å². The Morgan fingerprint density at radius 1 is 1.12 bits per heavy atom. The normalized spacial score (nSPS) is 10.3. The summed E-state index contributed by atoms with van der Waals surface area (Å²) in [6, 6.07) is 10.4. The lowest BCUT2D eigenvalue weighted by Crippen LogP contribution is -2.02. The van der Waals surface area contributed by atoms with Gasteiger partial charge < -0.3 is 5.32 Å². The second-order valence-electron chi connectivity index (χ2n) is 4.13. The van der Waals surface area contributed by atoms with E-state index in [4.69, 9.17) is 11.6 Å². The highest BCUT2D eigenvalue weighted by atomic mass is 35.5. The molecule has 1 heterocycles. The third-order valence-electron chi connectivity index (χ3n) is 2.70. The number of rotatable bonds is 3. The molecule has 0 aliphatic heterocycles. The summed E-state index contributed by atoms with van der Waals surface area (Å²) in [7, 11) is 0. The van der Waals surface area contributed by atoms with Crippen molar-refractivity contribution in [1.82, 2.24) is 4.98 Å². The quantitative estimate of drug-likeness (QED) is 0.829. The molecule has 0 aliphatic carbocycles. The molecule has 2 aromatic rings. The van der Waals surface area contributed by atoms with Crippen LogP contribution in [0.4, 0.5) is 5.69 Å². The Morgan fingerprint density at radius 3 is 2.47 bits per heavy atom. The second kappa shape index (κ2) is 5.19. The van der Waals surface area contributed by atoms with Crippen molar-refractivity contribution in [3.05, 3.63) is 58.4 Å². The van der Waals surface area contributed by atoms with Gasteiger partial charge in [-0.25, -0.2) is 4.98 Å². The number of nitrogens with zero attached hydrogens (tertiary/aromatic N) is 1. The van der Waals surface area contributed by atoms with Gasteiger partial charge in [-0.05, 0) is 31.0 Å². The van der Waals surface area contributed by atoms with Crippen LogP contribution in [-0.4, -0.2) is 4.98 Å². The zero-order valence-corrected chi connectivity index (χ0v) is 10.8. The Balaban J connectivity index is 2.10. The lowest BCUT2D eigenvalue weighted by Gasteiger charge is -2.10. The van der Waals surface area contributed by atoms with Gasteiger partial charge in [-0.3, -0.25) is 0 Å². The van der Waals surface area contributed by atoms with Crippen LogP contribution in [0, 0.1) is 13.8 Å². The zero-order chi connectivity index (χ0) is 12.3. The van der Waals surface area contributed by atoms with Gasteiger partial charge >= 0.3 is 0 Å². The van der Waals surface area contributed by atoms with Crippen molar-refractivity contribution < 1.29 is 0 Å². The third-order valence-corrected chi connectivity index (χ3v) is 2.99. The third kappa shape index (κ3) is 2.98. The van der Waals surface area contributed by atoms with Crippen molar-refractivity contribution in [1.29, 1.82) is 0 Å². The number of aryl methyl sites for hydroxylation is 2. The molecule has 2 nitrogen and oxygen atoms in total. The summed E-state index contributed by atoms with van der Waals surface area (Å²) in [6.07, 6.45) is 1.72. The molecule has 0 amide bonds. The Hall–Kier alpha value is -1.54. The molecule has 0 bridgehead atoms. The number of anilines is 1. The number of pyridine rings is 1. The van der Waals surface area contributed by atoms with E-state index in [2.05, 4.69) is 41.5 Å². The van der Waals surface area contributed by atoms with Crippen LogP contribution in [0.25, 0.3) is 0 Å². The topological polar surface area (TPSA) is 24.9 Å². The molecule has 0 spiro atoms. The molecule has 0 atom stereocenters. The van der Waals surface area contributed by atoms with E-state index < -0.39 is 0 Å². The first-order valence-corrected chi connectivity index (χ1v) is 5.95. The largest absolute Gasteiger partial charge is 0.378 e. The van der Waals surface area contributed by atoms with Crippen LogP contribution in [0.15, 0.2) is 36.5 Å². The highest BCUT2D eigenvalue weighted by Gasteiger charge is 2.03. The van der Waals surface area contributed by atoms with Gasteiger partial charge in [-0.1, -0.05) is 41.4 Å². The smallest absolute Gasteiger partial charge is 0.152 e. The predicted molar refractivity (Wildman–Crippen MR) is 72.5 cm³/mol. The fourth-order valence-electron chi connectivity index (χ4n) is 1.63. The molecule has 0 fully saturated rings. The summed E-state index contributed by atoms with van der Waals surface area (Å²) in [6.45, 7) is 4.86. The number of aromatic nitrogens is 1. The van der Waals surface area contributed by atoms with Gasteiger partial charge in [-0.15, -0.1) is 0 Å². The van der Waals surface area contributed by atoms with Crippen molar-refractivity contribution in [3.63, 3.8) is 0 Å². The van der Waals surface area contributed by atoms with Crippen LogP contribution in [0.5, 0.6) is 0 Å². The Labute approximate surface area is 107 Å². The average molecular weight is 247 g/mol. The highest BCUT2D eigenvalue weighted by Crippen LogP contribution is 2.23. The lowest BCUT2D eigenvalue weighted by atomic mass is 10.1. The molecule has 88 valence electrons. The minimum Gasteiger partial charge on any atom is -0.378 e. The van der Waals surface area contributed by atoms with Gasteiger partial charge in [0.15, 0.2) is 5.15 Å². The number of hydrogen-bond donors (Lipinski definition) is 1. The summed E-state index contributed by atoms with van der Waals surface area (Å²) in [4.78, 5) is 4.07. The Bertz CT molecular complexity index is 486. The van der Waals surface area contributed by atoms with E-state index in [9.17, 15) is 0 Å². The predicted octanol–water partition coefficient (Wildman–Crippen LogP) is 3.96. The summed E-state index contributed by atoms with van der Waals surface area (Å²) in [5.74, 6) is 0. The summed E-state index contributed by atoms with van der Waals surface area (Å²) >= 11 is 6.05. The van der Waals surface area contributed by atoms with Crippen molar-refractivity contribution >= 4 is 17.3 Å². The molecule has 3 heteroatoms. The average Bonchev–Trinajstić information content (AvgIpc) is 2.31. The molecule has 0 saturated carbocycles. The van der Waals surface area contributed by atoms with Gasteiger partial charge in [0.05, 0.1) is 5.69 Å². The number of nitrogens with one attached hydrogen (secondary N) is 1. The minimum absolute atomic E-state index is 0.525. The SMILES string of the molecule is Cc1ccc(CNc2c(C)ccnc2Cl)cc1. The van der Waals surface area contributed by atoms with Crippen LogP contribution in [0.3, 0.4) is 0 Å². The molecule has 1 N–H and O–H groups in total. The molecule has 1 aromatic heterocycles. The maximum absolute atomic E-state index is 6.05. The molecular weight excluding hydrogens is 232 g/mol. The molecule has 0 saturated heterocycles. The number of halogens is 1. The van der Waals surface area contributed by atoms with E-state index in [0.29, 0.717) is 5.15 Å². The zero-order valence-electron chi connectivity index (χ0n) is 10.00. The van der Waals surface area contributed by atoms with Gasteiger partial charge in [0.25, 0.3) is 0 Å². The van der Waals surface area contributed by atoms with Crippen LogP contribution in [0.2, 0.25) is 5.15 Å². The maximum atomic E-state index is 6.05. The first kappa shape index (κ1) is 11.9. The monoisotopic (exact) mass is 246 g/mol. The van der Waals surface area contributed by atoms with Crippen molar-refractivity contribution in [2.75, 3.05) is 5.32 Å². The van der Waals surface area contributed by atoms with E-state index in [0.717, 1.165) is 17.8 Å². The molecule has 0 aliphatic rings. The molecular formula is C14H15ClN2. The van der Waals surface area contributed by atoms with Crippen LogP contribution in [-0.2, 0) is 6.54 Å². The fraction of sp³-hybridized carbons (Fsp3) is 0.214. The van der Waals surface area contributed by atoms with Gasteiger partial charge in [-0.2, -0.15) is 0 Å². The summed E-state index contributed by atoms with van der Waals surface area (Å²) in [5.41, 5.74) is 4.52. The van der Waals surface area contributed by atoms with Crippen LogP contribution >= 0.6 is 11.6 Å².